The summed E-state index contributed by atoms with van der Waals surface area (Å²) in [4.78, 5) is 9.79. The third kappa shape index (κ3) is 1.89. The average Bonchev–Trinajstić information content (AvgIpc) is 2.19. The lowest BCUT2D eigenvalue weighted by molar-refractivity contribution is -0.701. The predicted octanol–water partition coefficient (Wildman–Crippen LogP) is 1.10. The molecule has 0 aliphatic rings. The smallest absolute Gasteiger partial charge is 0.302 e. The molecule has 1 N–H and O–H groups in total. The highest BCUT2D eigenvalue weighted by atomic mass is 16.8. The van der Waals surface area contributed by atoms with Gasteiger partial charge in [-0.25, -0.2) is 0 Å². The molecular formula is C9H11NO4. The average molecular weight is 197 g/mol. The van der Waals surface area contributed by atoms with Gasteiger partial charge in [-0.05, 0) is 19.1 Å². The Balaban J connectivity index is 3.06. The quantitative estimate of drug-likeness (QED) is 0.445. The van der Waals surface area contributed by atoms with Gasteiger partial charge in [-0.3, -0.25) is 14.9 Å². The molecule has 1 aromatic carbocycles. The van der Waals surface area contributed by atoms with Crippen molar-refractivity contribution in [1.82, 2.24) is 0 Å². The maximum Gasteiger partial charge on any atom is 0.467 e. The lowest BCUT2D eigenvalue weighted by Crippen LogP contribution is -2.38. The van der Waals surface area contributed by atoms with Gasteiger partial charge in [0, 0.05) is 0 Å². The van der Waals surface area contributed by atoms with E-state index in [4.69, 9.17) is 4.74 Å². The van der Waals surface area contributed by atoms with Crippen molar-refractivity contribution in [2.45, 2.75) is 12.8 Å². The monoisotopic (exact) mass is 197 g/mol. The van der Waals surface area contributed by atoms with Crippen LogP contribution in [0.25, 0.3) is 0 Å². The molecule has 1 unspecified atom stereocenters. The van der Waals surface area contributed by atoms with E-state index in [0.29, 0.717) is 0 Å². The Hall–Kier alpha value is -1.46. The second-order valence-electron chi connectivity index (χ2n) is 2.66. The standard InChI is InChI=1S/C9H11NO4/c1-2-14-9(11,10(12)13)8-6-4-3-5-7-8/h3-7,11H,2H2,1H3. The lowest BCUT2D eigenvalue weighted by Gasteiger charge is -2.17. The topological polar surface area (TPSA) is 72.6 Å². The van der Waals surface area contributed by atoms with Crippen LogP contribution in [0.15, 0.2) is 30.3 Å². The summed E-state index contributed by atoms with van der Waals surface area (Å²) < 4.78 is 4.73. The number of nitrogens with zero attached hydrogens (tertiary/aromatic N) is 1. The van der Waals surface area contributed by atoms with Gasteiger partial charge in [-0.1, -0.05) is 18.2 Å². The van der Waals surface area contributed by atoms with Crippen molar-refractivity contribution >= 4 is 0 Å². The molecular weight excluding hydrogens is 186 g/mol. The van der Waals surface area contributed by atoms with Gasteiger partial charge < -0.3 is 5.11 Å². The Kier molecular flexibility index (Phi) is 3.16. The molecule has 0 amide bonds. The highest BCUT2D eigenvalue weighted by Crippen LogP contribution is 2.22. The minimum atomic E-state index is -2.43. The van der Waals surface area contributed by atoms with Crippen LogP contribution >= 0.6 is 0 Å². The van der Waals surface area contributed by atoms with Crippen LogP contribution in [-0.2, 0) is 10.6 Å². The lowest BCUT2D eigenvalue weighted by atomic mass is 10.1. The molecule has 0 heterocycles. The van der Waals surface area contributed by atoms with Crippen molar-refractivity contribution < 1.29 is 14.8 Å². The van der Waals surface area contributed by atoms with Crippen LogP contribution in [0.5, 0.6) is 0 Å². The van der Waals surface area contributed by atoms with Gasteiger partial charge in [0.15, 0.2) is 0 Å². The molecule has 0 spiro atoms. The van der Waals surface area contributed by atoms with Crippen LogP contribution in [0.4, 0.5) is 0 Å². The predicted molar refractivity (Wildman–Crippen MR) is 49.0 cm³/mol. The van der Waals surface area contributed by atoms with Gasteiger partial charge in [-0.2, -0.15) is 0 Å². The zero-order chi connectivity index (χ0) is 10.6. The van der Waals surface area contributed by atoms with E-state index in [-0.39, 0.29) is 12.2 Å². The summed E-state index contributed by atoms with van der Waals surface area (Å²) in [6.45, 7) is 1.64. The first-order valence-electron chi connectivity index (χ1n) is 4.17. The highest BCUT2D eigenvalue weighted by molar-refractivity contribution is 5.17. The molecule has 0 saturated heterocycles. The number of hydrogen-bond donors (Lipinski definition) is 1. The first kappa shape index (κ1) is 10.6. The number of rotatable bonds is 4. The summed E-state index contributed by atoms with van der Waals surface area (Å²) in [6, 6.07) is 7.79. The zero-order valence-electron chi connectivity index (χ0n) is 7.71. The molecule has 1 aromatic rings. The molecule has 14 heavy (non-hydrogen) atoms. The molecule has 0 fully saturated rings. The fraction of sp³-hybridized carbons (Fsp3) is 0.333. The molecule has 0 radical (unpaired) electrons. The van der Waals surface area contributed by atoms with Crippen LogP contribution in [0.2, 0.25) is 0 Å². The Morgan fingerprint density at radius 1 is 1.50 bits per heavy atom. The summed E-state index contributed by atoms with van der Waals surface area (Å²) in [5.41, 5.74) is 0.117. The third-order valence-corrected chi connectivity index (χ3v) is 1.74. The maximum atomic E-state index is 10.6. The molecule has 76 valence electrons. The normalized spacial score (nSPS) is 14.7. The van der Waals surface area contributed by atoms with E-state index in [1.807, 2.05) is 0 Å². The zero-order valence-corrected chi connectivity index (χ0v) is 7.71. The van der Waals surface area contributed by atoms with Crippen LogP contribution in [0, 0.1) is 10.1 Å². The molecule has 5 nitrogen and oxygen atoms in total. The number of hydrogen-bond acceptors (Lipinski definition) is 4. The molecule has 0 saturated carbocycles. The van der Waals surface area contributed by atoms with E-state index in [0.717, 1.165) is 0 Å². The Bertz CT molecular complexity index is 314. The van der Waals surface area contributed by atoms with Crippen LogP contribution in [0.3, 0.4) is 0 Å². The summed E-state index contributed by atoms with van der Waals surface area (Å²) in [7, 11) is 0. The van der Waals surface area contributed by atoms with E-state index in [1.165, 1.54) is 12.1 Å². The van der Waals surface area contributed by atoms with Crippen molar-refractivity contribution in [2.24, 2.45) is 0 Å². The molecule has 5 heteroatoms. The van der Waals surface area contributed by atoms with Gasteiger partial charge in [0.25, 0.3) is 0 Å². The number of nitro groups is 1. The van der Waals surface area contributed by atoms with Crippen LogP contribution in [-0.4, -0.2) is 16.6 Å². The van der Waals surface area contributed by atoms with Gasteiger partial charge in [0.2, 0.25) is 0 Å². The van der Waals surface area contributed by atoms with Crippen molar-refractivity contribution in [3.05, 3.63) is 46.0 Å². The van der Waals surface area contributed by atoms with Gasteiger partial charge in [0.05, 0.1) is 17.1 Å². The van der Waals surface area contributed by atoms with E-state index >= 15 is 0 Å². The molecule has 0 aromatic heterocycles. The maximum absolute atomic E-state index is 10.6. The summed E-state index contributed by atoms with van der Waals surface area (Å²) >= 11 is 0. The first-order valence-corrected chi connectivity index (χ1v) is 4.17. The van der Waals surface area contributed by atoms with Crippen molar-refractivity contribution in [3.63, 3.8) is 0 Å². The minimum absolute atomic E-state index is 0.0619. The summed E-state index contributed by atoms with van der Waals surface area (Å²) in [5, 5.41) is 20.3. The van der Waals surface area contributed by atoms with Gasteiger partial charge >= 0.3 is 5.91 Å². The molecule has 0 aliphatic heterocycles. The molecule has 1 rings (SSSR count). The Morgan fingerprint density at radius 3 is 2.50 bits per heavy atom. The first-order chi connectivity index (χ1) is 6.61. The Morgan fingerprint density at radius 2 is 2.07 bits per heavy atom. The van der Waals surface area contributed by atoms with E-state index in [1.54, 1.807) is 25.1 Å². The van der Waals surface area contributed by atoms with Crippen molar-refractivity contribution in [1.29, 1.82) is 0 Å². The second kappa shape index (κ2) is 4.17. The van der Waals surface area contributed by atoms with Crippen molar-refractivity contribution in [2.75, 3.05) is 6.61 Å². The number of benzene rings is 1. The highest BCUT2D eigenvalue weighted by Gasteiger charge is 2.44. The molecule has 1 atom stereocenters. The summed E-state index contributed by atoms with van der Waals surface area (Å²) in [5.74, 6) is -2.43. The van der Waals surface area contributed by atoms with E-state index in [2.05, 4.69) is 0 Å². The molecule has 0 bridgehead atoms. The Labute approximate surface area is 81.1 Å². The summed E-state index contributed by atoms with van der Waals surface area (Å²) in [6.07, 6.45) is 0. The third-order valence-electron chi connectivity index (χ3n) is 1.74. The minimum Gasteiger partial charge on any atom is -0.302 e. The SMILES string of the molecule is CCOC(O)(c1ccccc1)[N+](=O)[O-]. The fourth-order valence-corrected chi connectivity index (χ4v) is 1.10. The van der Waals surface area contributed by atoms with Crippen molar-refractivity contribution in [3.8, 4) is 0 Å². The fourth-order valence-electron chi connectivity index (χ4n) is 1.10. The van der Waals surface area contributed by atoms with Crippen LogP contribution < -0.4 is 0 Å². The van der Waals surface area contributed by atoms with Gasteiger partial charge in [-0.15, -0.1) is 0 Å². The second-order valence-corrected chi connectivity index (χ2v) is 2.66. The van der Waals surface area contributed by atoms with E-state index in [9.17, 15) is 15.2 Å². The van der Waals surface area contributed by atoms with Crippen LogP contribution in [0.1, 0.15) is 12.5 Å². The molecule has 0 aliphatic carbocycles. The van der Waals surface area contributed by atoms with Gasteiger partial charge in [0.1, 0.15) is 0 Å². The number of ether oxygens (including phenoxy) is 1. The largest absolute Gasteiger partial charge is 0.467 e. The number of aliphatic hydroxyl groups is 1. The van der Waals surface area contributed by atoms with E-state index < -0.39 is 10.8 Å².